The Morgan fingerprint density at radius 2 is 2.11 bits per heavy atom. The van der Waals surface area contributed by atoms with E-state index in [-0.39, 0.29) is 0 Å². The van der Waals surface area contributed by atoms with Gasteiger partial charge in [-0.25, -0.2) is 14.6 Å². The first-order valence-electron chi connectivity index (χ1n) is 5.59. The summed E-state index contributed by atoms with van der Waals surface area (Å²) in [5.74, 6) is 1.39. The molecule has 3 heterocycles. The number of H-pyrrole nitrogens is 1. The topological polar surface area (TPSA) is 68.6 Å². The maximum atomic E-state index is 5.18. The molecule has 0 atom stereocenters. The van der Waals surface area contributed by atoms with Crippen LogP contribution in [-0.4, -0.2) is 31.8 Å². The van der Waals surface area contributed by atoms with Gasteiger partial charge in [-0.15, -0.1) is 0 Å². The third-order valence-corrected chi connectivity index (χ3v) is 2.77. The van der Waals surface area contributed by atoms with Gasteiger partial charge in [-0.2, -0.15) is 5.10 Å². The number of ether oxygens (including phenoxy) is 1. The van der Waals surface area contributed by atoms with Gasteiger partial charge in [0.25, 0.3) is 0 Å². The van der Waals surface area contributed by atoms with Gasteiger partial charge in [0.1, 0.15) is 5.69 Å². The zero-order valence-corrected chi connectivity index (χ0v) is 10.4. The van der Waals surface area contributed by atoms with Gasteiger partial charge in [0.15, 0.2) is 11.5 Å². The number of nitrogens with zero attached hydrogens (tertiary/aromatic N) is 4. The Hall–Kier alpha value is -2.37. The van der Waals surface area contributed by atoms with Crippen molar-refractivity contribution in [2.45, 2.75) is 6.92 Å². The Labute approximate surface area is 104 Å². The van der Waals surface area contributed by atoms with Crippen molar-refractivity contribution in [3.63, 3.8) is 0 Å². The van der Waals surface area contributed by atoms with Crippen LogP contribution >= 0.6 is 0 Å². The SMILES string of the molecule is COc1cc(-c2nc3nc(C)ccc3[nH]2)nn1C. The molecule has 6 heteroatoms. The summed E-state index contributed by atoms with van der Waals surface area (Å²) in [5, 5.41) is 4.34. The molecular formula is C12H13N5O. The highest BCUT2D eigenvalue weighted by Gasteiger charge is 2.12. The minimum absolute atomic E-state index is 0.689. The van der Waals surface area contributed by atoms with E-state index in [1.165, 1.54) is 0 Å². The third kappa shape index (κ3) is 1.62. The number of fused-ring (bicyclic) bond motifs is 1. The molecule has 0 aliphatic carbocycles. The average molecular weight is 243 g/mol. The van der Waals surface area contributed by atoms with Crippen LogP contribution < -0.4 is 4.74 Å². The van der Waals surface area contributed by atoms with Crippen LogP contribution in [0.3, 0.4) is 0 Å². The number of pyridine rings is 1. The predicted octanol–water partition coefficient (Wildman–Crippen LogP) is 1.68. The Bertz CT molecular complexity index is 712. The van der Waals surface area contributed by atoms with Crippen molar-refractivity contribution >= 4 is 11.2 Å². The fourth-order valence-electron chi connectivity index (χ4n) is 1.87. The summed E-state index contributed by atoms with van der Waals surface area (Å²) in [4.78, 5) is 12.0. The summed E-state index contributed by atoms with van der Waals surface area (Å²) in [5.41, 5.74) is 3.29. The Kier molecular flexibility index (Phi) is 2.29. The Balaban J connectivity index is 2.13. The molecular weight excluding hydrogens is 230 g/mol. The van der Waals surface area contributed by atoms with Crippen LogP contribution in [0.25, 0.3) is 22.7 Å². The molecule has 0 amide bonds. The summed E-state index contributed by atoms with van der Waals surface area (Å²) in [6.45, 7) is 1.94. The lowest BCUT2D eigenvalue weighted by Crippen LogP contribution is -1.94. The van der Waals surface area contributed by atoms with Gasteiger partial charge in [-0.05, 0) is 19.1 Å². The monoisotopic (exact) mass is 243 g/mol. The van der Waals surface area contributed by atoms with Crippen LogP contribution in [0, 0.1) is 6.92 Å². The minimum atomic E-state index is 0.689. The van der Waals surface area contributed by atoms with Gasteiger partial charge in [-0.3, -0.25) is 0 Å². The van der Waals surface area contributed by atoms with Crippen molar-refractivity contribution in [2.75, 3.05) is 7.11 Å². The number of nitrogens with one attached hydrogen (secondary N) is 1. The van der Waals surface area contributed by atoms with E-state index in [9.17, 15) is 0 Å². The van der Waals surface area contributed by atoms with Crippen LogP contribution in [0.1, 0.15) is 5.69 Å². The van der Waals surface area contributed by atoms with E-state index in [0.29, 0.717) is 17.4 Å². The van der Waals surface area contributed by atoms with Gasteiger partial charge in [-0.1, -0.05) is 0 Å². The summed E-state index contributed by atoms with van der Waals surface area (Å²) >= 11 is 0. The number of aromatic nitrogens is 5. The number of methoxy groups -OCH3 is 1. The smallest absolute Gasteiger partial charge is 0.211 e. The van der Waals surface area contributed by atoms with Crippen molar-refractivity contribution in [1.82, 2.24) is 24.7 Å². The number of hydrogen-bond acceptors (Lipinski definition) is 4. The second kappa shape index (κ2) is 3.83. The van der Waals surface area contributed by atoms with Gasteiger partial charge in [0.05, 0.1) is 12.6 Å². The number of hydrogen-bond donors (Lipinski definition) is 1. The maximum absolute atomic E-state index is 5.18. The maximum Gasteiger partial charge on any atom is 0.211 e. The molecule has 0 unspecified atom stereocenters. The summed E-state index contributed by atoms with van der Waals surface area (Å²) < 4.78 is 6.85. The molecule has 0 aromatic carbocycles. The van der Waals surface area contributed by atoms with Gasteiger partial charge in [0.2, 0.25) is 5.88 Å². The molecule has 0 fully saturated rings. The van der Waals surface area contributed by atoms with Crippen LogP contribution in [0.15, 0.2) is 18.2 Å². The second-order valence-electron chi connectivity index (χ2n) is 4.10. The highest BCUT2D eigenvalue weighted by molar-refractivity contribution is 5.75. The Morgan fingerprint density at radius 3 is 2.83 bits per heavy atom. The lowest BCUT2D eigenvalue weighted by molar-refractivity contribution is 0.373. The quantitative estimate of drug-likeness (QED) is 0.743. The van der Waals surface area contributed by atoms with Crippen molar-refractivity contribution in [3.05, 3.63) is 23.9 Å². The van der Waals surface area contributed by atoms with Crippen LogP contribution in [0.5, 0.6) is 5.88 Å². The fraction of sp³-hybridized carbons (Fsp3) is 0.250. The van der Waals surface area contributed by atoms with E-state index in [0.717, 1.165) is 16.9 Å². The molecule has 3 aromatic rings. The highest BCUT2D eigenvalue weighted by Crippen LogP contribution is 2.22. The first-order chi connectivity index (χ1) is 8.67. The first kappa shape index (κ1) is 10.8. The van der Waals surface area contributed by atoms with Gasteiger partial charge < -0.3 is 9.72 Å². The van der Waals surface area contributed by atoms with E-state index in [4.69, 9.17) is 4.74 Å². The zero-order valence-electron chi connectivity index (χ0n) is 10.4. The zero-order chi connectivity index (χ0) is 12.7. The summed E-state index contributed by atoms with van der Waals surface area (Å²) in [6.07, 6.45) is 0. The molecule has 3 rings (SSSR count). The molecule has 0 radical (unpaired) electrons. The summed E-state index contributed by atoms with van der Waals surface area (Å²) in [6, 6.07) is 5.75. The molecule has 1 N–H and O–H groups in total. The average Bonchev–Trinajstić information content (AvgIpc) is 2.91. The first-order valence-corrected chi connectivity index (χ1v) is 5.59. The molecule has 0 bridgehead atoms. The van der Waals surface area contributed by atoms with Crippen LogP contribution in [-0.2, 0) is 7.05 Å². The van der Waals surface area contributed by atoms with Crippen LogP contribution in [0.2, 0.25) is 0 Å². The molecule has 3 aromatic heterocycles. The number of aryl methyl sites for hydroxylation is 2. The standard InChI is InChI=1S/C12H13N5O/c1-7-4-5-8-11(13-7)15-12(14-8)9-6-10(18-3)17(2)16-9/h4-6H,1-3H3,(H,13,14,15). The lowest BCUT2D eigenvalue weighted by Gasteiger charge is -1.95. The van der Waals surface area contributed by atoms with Gasteiger partial charge in [0, 0.05) is 18.8 Å². The van der Waals surface area contributed by atoms with Crippen molar-refractivity contribution < 1.29 is 4.74 Å². The molecule has 0 spiro atoms. The number of rotatable bonds is 2. The minimum Gasteiger partial charge on any atom is -0.481 e. The predicted molar refractivity (Wildman–Crippen MR) is 67.4 cm³/mol. The molecule has 0 saturated carbocycles. The van der Waals surface area contributed by atoms with Gasteiger partial charge >= 0.3 is 0 Å². The van der Waals surface area contributed by atoms with Crippen molar-refractivity contribution in [2.24, 2.45) is 7.05 Å². The van der Waals surface area contributed by atoms with E-state index >= 15 is 0 Å². The summed E-state index contributed by atoms with van der Waals surface area (Å²) in [7, 11) is 3.44. The number of aromatic amines is 1. The highest BCUT2D eigenvalue weighted by atomic mass is 16.5. The normalized spacial score (nSPS) is 11.1. The van der Waals surface area contributed by atoms with E-state index in [1.807, 2.05) is 32.2 Å². The molecule has 0 saturated heterocycles. The second-order valence-corrected chi connectivity index (χ2v) is 4.10. The molecule has 0 aliphatic heterocycles. The molecule has 92 valence electrons. The van der Waals surface area contributed by atoms with Crippen molar-refractivity contribution in [3.8, 4) is 17.4 Å². The fourth-order valence-corrected chi connectivity index (χ4v) is 1.87. The van der Waals surface area contributed by atoms with Crippen molar-refractivity contribution in [1.29, 1.82) is 0 Å². The van der Waals surface area contributed by atoms with E-state index < -0.39 is 0 Å². The van der Waals surface area contributed by atoms with E-state index in [2.05, 4.69) is 20.1 Å². The lowest BCUT2D eigenvalue weighted by atomic mass is 10.3. The van der Waals surface area contributed by atoms with E-state index in [1.54, 1.807) is 11.8 Å². The number of imidazole rings is 1. The molecule has 18 heavy (non-hydrogen) atoms. The Morgan fingerprint density at radius 1 is 1.28 bits per heavy atom. The largest absolute Gasteiger partial charge is 0.481 e. The molecule has 0 aliphatic rings. The molecule has 6 nitrogen and oxygen atoms in total. The third-order valence-electron chi connectivity index (χ3n) is 2.77. The van der Waals surface area contributed by atoms with Crippen LogP contribution in [0.4, 0.5) is 0 Å².